The minimum absolute atomic E-state index is 0.00607. The second-order valence-corrected chi connectivity index (χ2v) is 8.10. The highest BCUT2D eigenvalue weighted by Gasteiger charge is 2.39. The molecule has 0 saturated carbocycles. The molecule has 3 rings (SSSR count). The largest absolute Gasteiger partial charge is 0.482 e. The van der Waals surface area contributed by atoms with E-state index >= 15 is 0 Å². The lowest BCUT2D eigenvalue weighted by atomic mass is 10.0. The average molecular weight is 461 g/mol. The highest BCUT2D eigenvalue weighted by Crippen LogP contribution is 2.27. The molecule has 0 radical (unpaired) electrons. The van der Waals surface area contributed by atoms with Crippen molar-refractivity contribution in [2.75, 3.05) is 19.0 Å². The molecule has 0 aliphatic carbocycles. The molecule has 2 heterocycles. The summed E-state index contributed by atoms with van der Waals surface area (Å²) < 4.78 is 37.9. The van der Waals surface area contributed by atoms with Crippen LogP contribution in [-0.2, 0) is 14.3 Å². The smallest absolute Gasteiger partial charge is 0.339 e. The lowest BCUT2D eigenvalue weighted by molar-refractivity contribution is -0.135. The molecule has 2 aromatic rings. The molecule has 1 aliphatic rings. The van der Waals surface area contributed by atoms with Crippen LogP contribution >= 0.6 is 0 Å². The maximum Gasteiger partial charge on any atom is 0.339 e. The molecular formula is C23H25F2N3O5. The van der Waals surface area contributed by atoms with Gasteiger partial charge in [0.25, 0.3) is 0 Å². The minimum Gasteiger partial charge on any atom is -0.482 e. The number of carbonyl (C=O) groups excluding carboxylic acids is 3. The fourth-order valence-electron chi connectivity index (χ4n) is 3.58. The van der Waals surface area contributed by atoms with Crippen molar-refractivity contribution in [3.63, 3.8) is 0 Å². The standard InChI is InChI=1S/C23H25F2N3O5/c1-13(2)9-18(22(30)27-19-8-7-14(11-26-19)23(31)32-3)28-12-15(10-20(28)29)33-21-16(24)5-4-6-17(21)25/h4-8,11,13,15,18H,9-10,12H2,1-3H3,(H,26,27,30)/t15?,18-/m0/s1. The van der Waals surface area contributed by atoms with Gasteiger partial charge in [0.2, 0.25) is 11.8 Å². The predicted molar refractivity (Wildman–Crippen MR) is 115 cm³/mol. The summed E-state index contributed by atoms with van der Waals surface area (Å²) in [5, 5.41) is 2.65. The fourth-order valence-corrected chi connectivity index (χ4v) is 3.58. The number of likely N-dealkylation sites (tertiary alicyclic amines) is 1. The van der Waals surface area contributed by atoms with E-state index in [-0.39, 0.29) is 36.2 Å². The number of hydrogen-bond donors (Lipinski definition) is 1. The molecule has 33 heavy (non-hydrogen) atoms. The number of carbonyl (C=O) groups is 3. The van der Waals surface area contributed by atoms with Crippen LogP contribution in [0.1, 0.15) is 37.0 Å². The molecular weight excluding hydrogens is 436 g/mol. The Kier molecular flexibility index (Phi) is 7.57. The number of anilines is 1. The molecule has 0 bridgehead atoms. The normalized spacial score (nSPS) is 16.6. The Bertz CT molecular complexity index is 1010. The summed E-state index contributed by atoms with van der Waals surface area (Å²) in [7, 11) is 1.25. The van der Waals surface area contributed by atoms with Crippen LogP contribution in [0.3, 0.4) is 0 Å². The molecule has 1 fully saturated rings. The topological polar surface area (TPSA) is 97.8 Å². The highest BCUT2D eigenvalue weighted by molar-refractivity contribution is 5.97. The fraction of sp³-hybridized carbons (Fsp3) is 0.391. The van der Waals surface area contributed by atoms with E-state index in [9.17, 15) is 23.2 Å². The summed E-state index contributed by atoms with van der Waals surface area (Å²) in [5.74, 6) is -3.37. The molecule has 8 nitrogen and oxygen atoms in total. The van der Waals surface area contributed by atoms with Crippen LogP contribution < -0.4 is 10.1 Å². The summed E-state index contributed by atoms with van der Waals surface area (Å²) in [4.78, 5) is 42.7. The van der Waals surface area contributed by atoms with Crippen molar-refractivity contribution in [2.45, 2.75) is 38.8 Å². The molecule has 1 aliphatic heterocycles. The number of nitrogens with one attached hydrogen (secondary N) is 1. The van der Waals surface area contributed by atoms with Crippen LogP contribution in [0.4, 0.5) is 14.6 Å². The van der Waals surface area contributed by atoms with Crippen LogP contribution in [0, 0.1) is 17.6 Å². The summed E-state index contributed by atoms with van der Waals surface area (Å²) in [6, 6.07) is 5.44. The van der Waals surface area contributed by atoms with E-state index in [4.69, 9.17) is 4.74 Å². The third kappa shape index (κ3) is 5.82. The van der Waals surface area contributed by atoms with E-state index in [2.05, 4.69) is 15.0 Å². The maximum absolute atomic E-state index is 13.9. The number of esters is 1. The molecule has 1 unspecified atom stereocenters. The second kappa shape index (κ2) is 10.4. The molecule has 2 atom stereocenters. The third-order valence-electron chi connectivity index (χ3n) is 5.14. The van der Waals surface area contributed by atoms with Crippen LogP contribution in [0.5, 0.6) is 5.75 Å². The summed E-state index contributed by atoms with van der Waals surface area (Å²) in [6.45, 7) is 3.83. The number of hydrogen-bond acceptors (Lipinski definition) is 6. The Morgan fingerprint density at radius 2 is 1.91 bits per heavy atom. The van der Waals surface area contributed by atoms with Gasteiger partial charge in [0, 0.05) is 6.20 Å². The van der Waals surface area contributed by atoms with Crippen molar-refractivity contribution in [1.29, 1.82) is 0 Å². The van der Waals surface area contributed by atoms with E-state index in [1.165, 1.54) is 36.4 Å². The SMILES string of the molecule is COC(=O)c1ccc(NC(=O)[C@H](CC(C)C)N2CC(Oc3c(F)cccc3F)CC2=O)nc1. The Morgan fingerprint density at radius 1 is 1.21 bits per heavy atom. The van der Waals surface area contributed by atoms with Gasteiger partial charge in [-0.3, -0.25) is 9.59 Å². The number of pyridine rings is 1. The van der Waals surface area contributed by atoms with Gasteiger partial charge in [-0.15, -0.1) is 0 Å². The molecule has 10 heteroatoms. The van der Waals surface area contributed by atoms with Gasteiger partial charge in [0.15, 0.2) is 17.4 Å². The Hall–Kier alpha value is -3.56. The quantitative estimate of drug-likeness (QED) is 0.607. The van der Waals surface area contributed by atoms with Gasteiger partial charge in [0.1, 0.15) is 18.0 Å². The van der Waals surface area contributed by atoms with E-state index in [0.717, 1.165) is 12.1 Å². The Balaban J connectivity index is 1.73. The first-order chi connectivity index (χ1) is 15.7. The lowest BCUT2D eigenvalue weighted by Crippen LogP contribution is -2.46. The monoisotopic (exact) mass is 461 g/mol. The third-order valence-corrected chi connectivity index (χ3v) is 5.14. The molecule has 1 aromatic carbocycles. The molecule has 1 N–H and O–H groups in total. The number of aromatic nitrogens is 1. The van der Waals surface area contributed by atoms with Gasteiger partial charge in [0.05, 0.1) is 25.6 Å². The van der Waals surface area contributed by atoms with Crippen molar-refractivity contribution in [1.82, 2.24) is 9.88 Å². The van der Waals surface area contributed by atoms with Crippen LogP contribution in [0.2, 0.25) is 0 Å². The average Bonchev–Trinajstić information content (AvgIpc) is 3.14. The first-order valence-electron chi connectivity index (χ1n) is 10.4. The number of para-hydroxylation sites is 1. The maximum atomic E-state index is 13.9. The molecule has 2 amide bonds. The number of halogens is 2. The number of amides is 2. The zero-order valence-corrected chi connectivity index (χ0v) is 18.5. The van der Waals surface area contributed by atoms with E-state index in [0.29, 0.717) is 6.42 Å². The van der Waals surface area contributed by atoms with Crippen molar-refractivity contribution in [3.05, 3.63) is 53.7 Å². The summed E-state index contributed by atoms with van der Waals surface area (Å²) in [6.07, 6.45) is 0.719. The van der Waals surface area contributed by atoms with Gasteiger partial charge in [-0.25, -0.2) is 18.6 Å². The van der Waals surface area contributed by atoms with Gasteiger partial charge in [-0.1, -0.05) is 19.9 Å². The first-order valence-corrected chi connectivity index (χ1v) is 10.4. The van der Waals surface area contributed by atoms with Crippen molar-refractivity contribution < 1.29 is 32.6 Å². The first kappa shape index (κ1) is 24.1. The molecule has 1 saturated heterocycles. The van der Waals surface area contributed by atoms with Gasteiger partial charge < -0.3 is 19.7 Å². The van der Waals surface area contributed by atoms with E-state index in [1.54, 1.807) is 0 Å². The number of ether oxygens (including phenoxy) is 2. The molecule has 1 aromatic heterocycles. The van der Waals surface area contributed by atoms with Crippen LogP contribution in [-0.4, -0.2) is 53.5 Å². The number of rotatable bonds is 8. The molecule has 176 valence electrons. The lowest BCUT2D eigenvalue weighted by Gasteiger charge is -2.28. The van der Waals surface area contributed by atoms with Crippen molar-refractivity contribution in [3.8, 4) is 5.75 Å². The summed E-state index contributed by atoms with van der Waals surface area (Å²) in [5.41, 5.74) is 0.226. The second-order valence-electron chi connectivity index (χ2n) is 8.10. The summed E-state index contributed by atoms with van der Waals surface area (Å²) >= 11 is 0. The number of methoxy groups -OCH3 is 1. The Morgan fingerprint density at radius 3 is 2.48 bits per heavy atom. The number of benzene rings is 1. The minimum atomic E-state index is -0.862. The number of nitrogens with zero attached hydrogens (tertiary/aromatic N) is 2. The van der Waals surface area contributed by atoms with Gasteiger partial charge in [-0.05, 0) is 36.6 Å². The zero-order valence-electron chi connectivity index (χ0n) is 18.5. The zero-order chi connectivity index (χ0) is 24.1. The molecule has 0 spiro atoms. The van der Waals surface area contributed by atoms with Crippen molar-refractivity contribution >= 4 is 23.6 Å². The van der Waals surface area contributed by atoms with Crippen molar-refractivity contribution in [2.24, 2.45) is 5.92 Å². The van der Waals surface area contributed by atoms with Crippen LogP contribution in [0.15, 0.2) is 36.5 Å². The van der Waals surface area contributed by atoms with Gasteiger partial charge in [-0.2, -0.15) is 0 Å². The van der Waals surface area contributed by atoms with Crippen LogP contribution in [0.25, 0.3) is 0 Å². The van der Waals surface area contributed by atoms with E-state index < -0.39 is 41.4 Å². The highest BCUT2D eigenvalue weighted by atomic mass is 19.1. The predicted octanol–water partition coefficient (Wildman–Crippen LogP) is 3.18. The Labute approximate surface area is 189 Å². The van der Waals surface area contributed by atoms with Gasteiger partial charge >= 0.3 is 5.97 Å². The van der Waals surface area contributed by atoms with E-state index in [1.807, 2.05) is 13.8 Å².